The Balaban J connectivity index is 1.44. The van der Waals surface area contributed by atoms with Crippen molar-refractivity contribution in [1.29, 1.82) is 0 Å². The second kappa shape index (κ2) is 8.76. The molecular weight excluding hydrogens is 334 g/mol. The smallest absolute Gasteiger partial charge is 0.232 e. The van der Waals surface area contributed by atoms with Crippen molar-refractivity contribution in [2.45, 2.75) is 45.4 Å². The van der Waals surface area contributed by atoms with Gasteiger partial charge in [-0.3, -0.25) is 9.59 Å². The Labute approximate surface area is 156 Å². The largest absolute Gasteiger partial charge is 0.342 e. The highest BCUT2D eigenvalue weighted by Gasteiger charge is 2.42. The second-order valence-corrected chi connectivity index (χ2v) is 9.03. The van der Waals surface area contributed by atoms with Crippen LogP contribution in [0.15, 0.2) is 0 Å². The summed E-state index contributed by atoms with van der Waals surface area (Å²) in [4.78, 5) is 31.2. The van der Waals surface area contributed by atoms with E-state index in [9.17, 15) is 9.59 Å². The lowest BCUT2D eigenvalue weighted by Crippen LogP contribution is -2.55. The molecule has 3 fully saturated rings. The van der Waals surface area contributed by atoms with Gasteiger partial charge in [0, 0.05) is 50.3 Å². The zero-order valence-electron chi connectivity index (χ0n) is 15.7. The molecule has 25 heavy (non-hydrogen) atoms. The van der Waals surface area contributed by atoms with Gasteiger partial charge in [0.15, 0.2) is 0 Å². The molecule has 0 radical (unpaired) electrons. The monoisotopic (exact) mass is 367 g/mol. The summed E-state index contributed by atoms with van der Waals surface area (Å²) in [7, 11) is 0. The van der Waals surface area contributed by atoms with E-state index >= 15 is 0 Å². The van der Waals surface area contributed by atoms with Gasteiger partial charge >= 0.3 is 0 Å². The fourth-order valence-electron chi connectivity index (χ4n) is 4.60. The van der Waals surface area contributed by atoms with Crippen LogP contribution in [0.4, 0.5) is 0 Å². The van der Waals surface area contributed by atoms with Crippen LogP contribution in [-0.4, -0.2) is 83.8 Å². The zero-order valence-corrected chi connectivity index (χ0v) is 16.5. The van der Waals surface area contributed by atoms with Gasteiger partial charge in [0.1, 0.15) is 0 Å². The highest BCUT2D eigenvalue weighted by atomic mass is 32.2. The van der Waals surface area contributed by atoms with Gasteiger partial charge < -0.3 is 14.7 Å². The third-order valence-electron chi connectivity index (χ3n) is 6.12. The van der Waals surface area contributed by atoms with Crippen molar-refractivity contribution in [1.82, 2.24) is 14.7 Å². The Bertz CT molecular complexity index is 481. The molecule has 5 nitrogen and oxygen atoms in total. The standard InChI is InChI=1S/C19H33N3O2S/c1-2-21-15-19(8-6-17(21)23)7-5-11-22(16-19)18(24)14-25-13-12-20-9-3-4-10-20/h2-16H2,1H3. The van der Waals surface area contributed by atoms with Crippen molar-refractivity contribution < 1.29 is 9.59 Å². The van der Waals surface area contributed by atoms with Gasteiger partial charge in [-0.25, -0.2) is 0 Å². The molecule has 0 aromatic carbocycles. The molecule has 3 saturated heterocycles. The highest BCUT2D eigenvalue weighted by Crippen LogP contribution is 2.38. The zero-order chi connectivity index (χ0) is 17.7. The van der Waals surface area contributed by atoms with Gasteiger partial charge in [-0.1, -0.05) is 0 Å². The van der Waals surface area contributed by atoms with Crippen molar-refractivity contribution in [3.05, 3.63) is 0 Å². The van der Waals surface area contributed by atoms with Gasteiger partial charge in [-0.15, -0.1) is 0 Å². The first-order valence-electron chi connectivity index (χ1n) is 9.97. The Morgan fingerprint density at radius 2 is 1.92 bits per heavy atom. The second-order valence-electron chi connectivity index (χ2n) is 7.93. The SMILES string of the molecule is CCN1CC2(CCCN(C(=O)CSCCN3CCCC3)C2)CCC1=O. The number of carbonyl (C=O) groups excluding carboxylic acids is 2. The quantitative estimate of drug-likeness (QED) is 0.674. The molecule has 0 bridgehead atoms. The molecule has 6 heteroatoms. The summed E-state index contributed by atoms with van der Waals surface area (Å²) in [5.41, 5.74) is 0.151. The van der Waals surface area contributed by atoms with Gasteiger partial charge in [0.25, 0.3) is 0 Å². The first kappa shape index (κ1) is 19.0. The van der Waals surface area contributed by atoms with E-state index in [2.05, 4.69) is 16.7 Å². The van der Waals surface area contributed by atoms with E-state index in [-0.39, 0.29) is 11.3 Å². The number of piperidine rings is 2. The number of hydrogen-bond acceptors (Lipinski definition) is 4. The molecule has 3 aliphatic heterocycles. The minimum absolute atomic E-state index is 0.151. The molecule has 1 spiro atoms. The number of rotatable bonds is 6. The van der Waals surface area contributed by atoms with E-state index in [1.165, 1.54) is 25.9 Å². The molecule has 142 valence electrons. The van der Waals surface area contributed by atoms with Crippen LogP contribution in [0.3, 0.4) is 0 Å². The van der Waals surface area contributed by atoms with Crippen molar-refractivity contribution in [3.8, 4) is 0 Å². The van der Waals surface area contributed by atoms with Crippen molar-refractivity contribution in [2.24, 2.45) is 5.41 Å². The van der Waals surface area contributed by atoms with Crippen LogP contribution in [0.5, 0.6) is 0 Å². The molecule has 3 aliphatic rings. The van der Waals surface area contributed by atoms with Crippen LogP contribution >= 0.6 is 11.8 Å². The van der Waals surface area contributed by atoms with E-state index in [0.29, 0.717) is 18.1 Å². The van der Waals surface area contributed by atoms with Gasteiger partial charge in [0.05, 0.1) is 5.75 Å². The first-order valence-corrected chi connectivity index (χ1v) is 11.1. The number of likely N-dealkylation sites (tertiary alicyclic amines) is 3. The molecule has 3 heterocycles. The molecule has 0 saturated carbocycles. The lowest BCUT2D eigenvalue weighted by Gasteiger charge is -2.48. The minimum Gasteiger partial charge on any atom is -0.342 e. The third-order valence-corrected chi connectivity index (χ3v) is 7.04. The maximum absolute atomic E-state index is 12.6. The highest BCUT2D eigenvalue weighted by molar-refractivity contribution is 7.99. The lowest BCUT2D eigenvalue weighted by atomic mass is 9.73. The molecule has 0 aliphatic carbocycles. The minimum atomic E-state index is 0.151. The first-order chi connectivity index (χ1) is 12.1. The van der Waals surface area contributed by atoms with Gasteiger partial charge in [-0.2, -0.15) is 11.8 Å². The molecular formula is C19H33N3O2S. The number of hydrogen-bond donors (Lipinski definition) is 0. The Morgan fingerprint density at radius 3 is 2.68 bits per heavy atom. The van der Waals surface area contributed by atoms with Gasteiger partial charge in [0.2, 0.25) is 11.8 Å². The van der Waals surface area contributed by atoms with E-state index in [1.807, 2.05) is 4.90 Å². The summed E-state index contributed by atoms with van der Waals surface area (Å²) in [5.74, 6) is 2.25. The predicted octanol–water partition coefficient (Wildman–Crippen LogP) is 2.07. The van der Waals surface area contributed by atoms with Crippen LogP contribution < -0.4 is 0 Å². The van der Waals surface area contributed by atoms with Crippen LogP contribution in [0.25, 0.3) is 0 Å². The Morgan fingerprint density at radius 1 is 1.12 bits per heavy atom. The summed E-state index contributed by atoms with van der Waals surface area (Å²) in [6.45, 7) is 9.02. The molecule has 1 atom stereocenters. The van der Waals surface area contributed by atoms with Gasteiger partial charge in [-0.05, 0) is 52.1 Å². The molecule has 0 aromatic heterocycles. The van der Waals surface area contributed by atoms with E-state index < -0.39 is 0 Å². The number of thioether (sulfide) groups is 1. The van der Waals surface area contributed by atoms with Crippen LogP contribution in [0, 0.1) is 5.41 Å². The molecule has 3 rings (SSSR count). The number of nitrogens with zero attached hydrogens (tertiary/aromatic N) is 3. The summed E-state index contributed by atoms with van der Waals surface area (Å²) < 4.78 is 0. The topological polar surface area (TPSA) is 43.9 Å². The average molecular weight is 368 g/mol. The van der Waals surface area contributed by atoms with Crippen LogP contribution in [0.1, 0.15) is 45.4 Å². The lowest BCUT2D eigenvalue weighted by molar-refractivity contribution is -0.141. The summed E-state index contributed by atoms with van der Waals surface area (Å²) in [5, 5.41) is 0. The number of amides is 2. The summed E-state index contributed by atoms with van der Waals surface area (Å²) >= 11 is 1.78. The van der Waals surface area contributed by atoms with Crippen LogP contribution in [0.2, 0.25) is 0 Å². The third kappa shape index (κ3) is 4.91. The fourth-order valence-corrected chi connectivity index (χ4v) is 5.48. The summed E-state index contributed by atoms with van der Waals surface area (Å²) in [6.07, 6.45) is 6.50. The maximum atomic E-state index is 12.6. The summed E-state index contributed by atoms with van der Waals surface area (Å²) in [6, 6.07) is 0. The maximum Gasteiger partial charge on any atom is 0.232 e. The molecule has 0 aromatic rings. The number of carbonyl (C=O) groups is 2. The molecule has 0 N–H and O–H groups in total. The Kier molecular flexibility index (Phi) is 6.67. The fraction of sp³-hybridized carbons (Fsp3) is 0.895. The van der Waals surface area contributed by atoms with Crippen molar-refractivity contribution in [3.63, 3.8) is 0 Å². The van der Waals surface area contributed by atoms with E-state index in [1.54, 1.807) is 11.8 Å². The van der Waals surface area contributed by atoms with Crippen molar-refractivity contribution in [2.75, 3.05) is 57.3 Å². The normalized spacial score (nSPS) is 28.1. The Hall–Kier alpha value is -0.750. The van der Waals surface area contributed by atoms with E-state index in [4.69, 9.17) is 0 Å². The van der Waals surface area contributed by atoms with E-state index in [0.717, 1.165) is 57.7 Å². The van der Waals surface area contributed by atoms with Crippen LogP contribution in [-0.2, 0) is 9.59 Å². The average Bonchev–Trinajstić information content (AvgIpc) is 3.14. The molecule has 1 unspecified atom stereocenters. The predicted molar refractivity (Wildman–Crippen MR) is 103 cm³/mol. The van der Waals surface area contributed by atoms with Crippen molar-refractivity contribution >= 4 is 23.6 Å². The molecule has 2 amide bonds.